The van der Waals surface area contributed by atoms with E-state index in [0.717, 1.165) is 30.3 Å². The maximum absolute atomic E-state index is 10.8. The number of hydrogen-bond donors (Lipinski definition) is 2. The average Bonchev–Trinajstić information content (AvgIpc) is 2.37. The normalized spacial score (nSPS) is 36.1. The van der Waals surface area contributed by atoms with Crippen molar-refractivity contribution in [1.29, 1.82) is 0 Å². The molecule has 0 radical (unpaired) electrons. The molecule has 98 valence electrons. The summed E-state index contributed by atoms with van der Waals surface area (Å²) in [4.78, 5) is 0. The second-order valence-corrected chi connectivity index (χ2v) is 6.61. The molecule has 2 aliphatic rings. The molecule has 3 rings (SSSR count). The van der Waals surface area contributed by atoms with E-state index in [0.29, 0.717) is 12.0 Å². The lowest BCUT2D eigenvalue weighted by molar-refractivity contribution is -0.0861. The molecule has 2 nitrogen and oxygen atoms in total. The molecule has 2 N–H and O–H groups in total. The number of nitrogens with one attached hydrogen (secondary N) is 1. The van der Waals surface area contributed by atoms with Crippen molar-refractivity contribution in [2.24, 2.45) is 5.92 Å². The lowest BCUT2D eigenvalue weighted by Gasteiger charge is -2.48. The second-order valence-electron chi connectivity index (χ2n) is 5.69. The molecule has 3 atom stereocenters. The highest BCUT2D eigenvalue weighted by Crippen LogP contribution is 2.45. The number of benzene rings is 1. The monoisotopic (exact) mass is 309 g/mol. The molecule has 0 amide bonds. The van der Waals surface area contributed by atoms with Gasteiger partial charge in [0.25, 0.3) is 0 Å². The van der Waals surface area contributed by atoms with Gasteiger partial charge in [-0.3, -0.25) is 0 Å². The fraction of sp³-hybridized carbons (Fsp3) is 0.600. The Morgan fingerprint density at radius 1 is 1.28 bits per heavy atom. The zero-order chi connectivity index (χ0) is 12.6. The lowest BCUT2D eigenvalue weighted by Crippen LogP contribution is -2.53. The van der Waals surface area contributed by atoms with Crippen LogP contribution in [0.2, 0.25) is 0 Å². The van der Waals surface area contributed by atoms with Gasteiger partial charge in [-0.15, -0.1) is 0 Å². The van der Waals surface area contributed by atoms with Crippen LogP contribution >= 0.6 is 15.9 Å². The molecule has 0 aromatic heterocycles. The van der Waals surface area contributed by atoms with Crippen molar-refractivity contribution < 1.29 is 5.11 Å². The predicted octanol–water partition coefficient (Wildman–Crippen LogP) is 3.40. The van der Waals surface area contributed by atoms with Gasteiger partial charge in [-0.05, 0) is 43.5 Å². The molecule has 1 aliphatic carbocycles. The van der Waals surface area contributed by atoms with Crippen LogP contribution in [0, 0.1) is 5.92 Å². The predicted molar refractivity (Wildman–Crippen MR) is 76.4 cm³/mol. The van der Waals surface area contributed by atoms with E-state index in [1.54, 1.807) is 0 Å². The minimum Gasteiger partial charge on any atom is -0.389 e. The topological polar surface area (TPSA) is 32.3 Å². The van der Waals surface area contributed by atoms with Crippen LogP contribution in [0.4, 0.5) is 0 Å². The fourth-order valence-electron chi connectivity index (χ4n) is 3.67. The van der Waals surface area contributed by atoms with E-state index < -0.39 is 5.60 Å². The van der Waals surface area contributed by atoms with Crippen LogP contribution in [0.25, 0.3) is 0 Å². The SMILES string of the molecule is OC12CCCCC1C(c1cccc(Br)c1)NCC2. The largest absolute Gasteiger partial charge is 0.389 e. The van der Waals surface area contributed by atoms with Gasteiger partial charge >= 0.3 is 0 Å². The lowest BCUT2D eigenvalue weighted by atomic mass is 9.67. The van der Waals surface area contributed by atoms with Gasteiger partial charge in [0.15, 0.2) is 0 Å². The molecule has 1 heterocycles. The summed E-state index contributed by atoms with van der Waals surface area (Å²) < 4.78 is 1.12. The summed E-state index contributed by atoms with van der Waals surface area (Å²) in [5.74, 6) is 0.370. The highest BCUT2D eigenvalue weighted by atomic mass is 79.9. The number of hydrogen-bond acceptors (Lipinski definition) is 2. The number of piperidine rings is 1. The Morgan fingerprint density at radius 3 is 3.00 bits per heavy atom. The second kappa shape index (κ2) is 4.95. The maximum atomic E-state index is 10.8. The smallest absolute Gasteiger partial charge is 0.0706 e. The Labute approximate surface area is 117 Å². The molecule has 18 heavy (non-hydrogen) atoms. The molecule has 0 spiro atoms. The molecule has 1 aromatic carbocycles. The number of aliphatic hydroxyl groups is 1. The van der Waals surface area contributed by atoms with Crippen LogP contribution in [0.3, 0.4) is 0 Å². The number of rotatable bonds is 1. The van der Waals surface area contributed by atoms with Crippen LogP contribution in [0.1, 0.15) is 43.7 Å². The van der Waals surface area contributed by atoms with Crippen LogP contribution in [0.15, 0.2) is 28.7 Å². The van der Waals surface area contributed by atoms with E-state index in [1.807, 2.05) is 0 Å². The van der Waals surface area contributed by atoms with Crippen molar-refractivity contribution in [3.8, 4) is 0 Å². The molecule has 3 heteroatoms. The summed E-state index contributed by atoms with van der Waals surface area (Å²) >= 11 is 3.54. The first kappa shape index (κ1) is 12.6. The summed E-state index contributed by atoms with van der Waals surface area (Å²) in [5.41, 5.74) is 0.866. The van der Waals surface area contributed by atoms with Crippen molar-refractivity contribution >= 4 is 15.9 Å². The van der Waals surface area contributed by atoms with Gasteiger partial charge in [0.05, 0.1) is 5.60 Å². The summed E-state index contributed by atoms with van der Waals surface area (Å²) in [6.07, 6.45) is 5.45. The first-order valence-corrected chi connectivity index (χ1v) is 7.70. The van der Waals surface area contributed by atoms with Gasteiger partial charge in [-0.25, -0.2) is 0 Å². The Balaban J connectivity index is 1.91. The van der Waals surface area contributed by atoms with Gasteiger partial charge in [0, 0.05) is 16.4 Å². The quantitative estimate of drug-likeness (QED) is 0.833. The standard InChI is InChI=1S/C15H20BrNO/c16-12-5-3-4-11(10-12)14-13-6-1-2-7-15(13,18)8-9-17-14/h3-5,10,13-14,17-18H,1-2,6-9H2. The van der Waals surface area contributed by atoms with E-state index >= 15 is 0 Å². The zero-order valence-electron chi connectivity index (χ0n) is 10.5. The third kappa shape index (κ3) is 2.24. The van der Waals surface area contributed by atoms with Crippen LogP contribution in [-0.2, 0) is 0 Å². The van der Waals surface area contributed by atoms with Crippen molar-refractivity contribution in [3.05, 3.63) is 34.3 Å². The van der Waals surface area contributed by atoms with Crippen molar-refractivity contribution in [3.63, 3.8) is 0 Å². The number of fused-ring (bicyclic) bond motifs is 1. The third-order valence-corrected chi connectivity index (χ3v) is 5.09. The van der Waals surface area contributed by atoms with Gasteiger partial charge in [0.1, 0.15) is 0 Å². The number of halogens is 1. The molecule has 1 aliphatic heterocycles. The summed E-state index contributed by atoms with van der Waals surface area (Å²) in [7, 11) is 0. The van der Waals surface area contributed by atoms with E-state index in [-0.39, 0.29) is 0 Å². The molecule has 1 aromatic rings. The van der Waals surface area contributed by atoms with Gasteiger partial charge in [0.2, 0.25) is 0 Å². The van der Waals surface area contributed by atoms with Crippen LogP contribution in [-0.4, -0.2) is 17.3 Å². The first-order valence-electron chi connectivity index (χ1n) is 6.90. The van der Waals surface area contributed by atoms with E-state index in [9.17, 15) is 5.11 Å². The van der Waals surface area contributed by atoms with Crippen LogP contribution in [0.5, 0.6) is 0 Å². The van der Waals surface area contributed by atoms with Gasteiger partial charge in [-0.2, -0.15) is 0 Å². The summed E-state index contributed by atoms with van der Waals surface area (Å²) in [6, 6.07) is 8.79. The Kier molecular flexibility index (Phi) is 3.48. The van der Waals surface area contributed by atoms with Gasteiger partial charge in [-0.1, -0.05) is 40.9 Å². The Morgan fingerprint density at radius 2 is 2.17 bits per heavy atom. The van der Waals surface area contributed by atoms with E-state index in [1.165, 1.54) is 18.4 Å². The highest BCUT2D eigenvalue weighted by molar-refractivity contribution is 9.10. The van der Waals surface area contributed by atoms with E-state index in [4.69, 9.17) is 0 Å². The highest BCUT2D eigenvalue weighted by Gasteiger charge is 2.45. The Bertz CT molecular complexity index is 432. The fourth-order valence-corrected chi connectivity index (χ4v) is 4.09. The summed E-state index contributed by atoms with van der Waals surface area (Å²) in [5, 5.41) is 14.4. The van der Waals surface area contributed by atoms with Crippen molar-refractivity contribution in [2.45, 2.75) is 43.7 Å². The van der Waals surface area contributed by atoms with Gasteiger partial charge < -0.3 is 10.4 Å². The van der Waals surface area contributed by atoms with Crippen LogP contribution < -0.4 is 5.32 Å². The molecule has 1 saturated heterocycles. The molecular weight excluding hydrogens is 290 g/mol. The summed E-state index contributed by atoms with van der Waals surface area (Å²) in [6.45, 7) is 0.921. The van der Waals surface area contributed by atoms with Crippen molar-refractivity contribution in [1.82, 2.24) is 5.32 Å². The molecule has 3 unspecified atom stereocenters. The third-order valence-electron chi connectivity index (χ3n) is 4.60. The molecule has 2 fully saturated rings. The Hall–Kier alpha value is -0.380. The molecular formula is C15H20BrNO. The van der Waals surface area contributed by atoms with Crippen molar-refractivity contribution in [2.75, 3.05) is 6.54 Å². The molecule has 1 saturated carbocycles. The first-order chi connectivity index (χ1) is 8.69. The zero-order valence-corrected chi connectivity index (χ0v) is 12.1. The minimum atomic E-state index is -0.434. The van der Waals surface area contributed by atoms with E-state index in [2.05, 4.69) is 45.5 Å². The average molecular weight is 310 g/mol. The minimum absolute atomic E-state index is 0.307. The molecule has 0 bridgehead atoms. The maximum Gasteiger partial charge on any atom is 0.0706 e.